The number of carbonyl (C=O) groups excluding carboxylic acids is 1. The summed E-state index contributed by atoms with van der Waals surface area (Å²) >= 11 is 10.1. The third kappa shape index (κ3) is 5.01. The lowest BCUT2D eigenvalue weighted by atomic mass is 10.3. The molecule has 0 atom stereocenters. The molecule has 0 aliphatic rings. The smallest absolute Gasteiger partial charge is 0.323 e. The van der Waals surface area contributed by atoms with Gasteiger partial charge in [-0.2, -0.15) is 0 Å². The Morgan fingerprint density at radius 1 is 0.857 bits per heavy atom. The van der Waals surface area contributed by atoms with Crippen molar-refractivity contribution in [3.8, 4) is 5.75 Å². The molecule has 0 unspecified atom stereocenters. The first-order valence-corrected chi connectivity index (χ1v) is 8.23. The molecule has 0 aliphatic heterocycles. The molecular formula is C14H11Br3N2O2. The van der Waals surface area contributed by atoms with E-state index in [0.717, 1.165) is 13.4 Å². The van der Waals surface area contributed by atoms with Gasteiger partial charge in [-0.15, -0.1) is 0 Å². The molecule has 0 saturated carbocycles. The maximum Gasteiger partial charge on any atom is 0.323 e. The number of hydrogen-bond acceptors (Lipinski definition) is 2. The summed E-state index contributed by atoms with van der Waals surface area (Å²) in [5.74, 6) is 0.657. The van der Waals surface area contributed by atoms with E-state index in [1.54, 1.807) is 19.2 Å². The molecule has 2 rings (SSSR count). The molecule has 2 amide bonds. The lowest BCUT2D eigenvalue weighted by Crippen LogP contribution is -2.19. The van der Waals surface area contributed by atoms with Gasteiger partial charge in [-0.3, -0.25) is 0 Å². The van der Waals surface area contributed by atoms with Crippen LogP contribution >= 0.6 is 47.8 Å². The first-order chi connectivity index (χ1) is 9.96. The summed E-state index contributed by atoms with van der Waals surface area (Å²) in [5.41, 5.74) is 1.31. The zero-order valence-electron chi connectivity index (χ0n) is 10.9. The second-order valence-corrected chi connectivity index (χ2v) is 6.86. The zero-order chi connectivity index (χ0) is 15.4. The van der Waals surface area contributed by atoms with Gasteiger partial charge in [0.1, 0.15) is 5.75 Å². The monoisotopic (exact) mass is 476 g/mol. The van der Waals surface area contributed by atoms with E-state index in [0.29, 0.717) is 17.1 Å². The quantitative estimate of drug-likeness (QED) is 0.601. The lowest BCUT2D eigenvalue weighted by molar-refractivity contribution is 0.262. The van der Waals surface area contributed by atoms with Crippen molar-refractivity contribution in [2.75, 3.05) is 17.7 Å². The fourth-order valence-electron chi connectivity index (χ4n) is 1.67. The van der Waals surface area contributed by atoms with Crippen LogP contribution in [0.25, 0.3) is 0 Å². The molecule has 4 nitrogen and oxygen atoms in total. The number of urea groups is 1. The van der Waals surface area contributed by atoms with Gasteiger partial charge in [0.05, 0.1) is 7.11 Å². The molecule has 7 heteroatoms. The molecule has 0 saturated heterocycles. The summed E-state index contributed by atoms with van der Waals surface area (Å²) in [4.78, 5) is 12.0. The number of amides is 2. The van der Waals surface area contributed by atoms with Crippen molar-refractivity contribution in [2.45, 2.75) is 0 Å². The molecule has 0 aromatic heterocycles. The molecule has 2 aromatic rings. The van der Waals surface area contributed by atoms with E-state index in [2.05, 4.69) is 58.4 Å². The highest BCUT2D eigenvalue weighted by atomic mass is 79.9. The van der Waals surface area contributed by atoms with Gasteiger partial charge >= 0.3 is 6.03 Å². The second-order valence-electron chi connectivity index (χ2n) is 4.12. The topological polar surface area (TPSA) is 50.4 Å². The molecule has 0 aliphatic carbocycles. The van der Waals surface area contributed by atoms with Crippen molar-refractivity contribution in [1.82, 2.24) is 0 Å². The standard InChI is InChI=1S/C14H11Br3N2O2/c1-21-13-6-10(17)5-12(7-13)19-14(20)18-11-3-8(15)2-9(16)4-11/h2-7H,1H3,(H2,18,19,20). The number of benzene rings is 2. The van der Waals surface area contributed by atoms with Gasteiger partial charge in [-0.05, 0) is 30.3 Å². The normalized spacial score (nSPS) is 10.1. The number of nitrogens with one attached hydrogen (secondary N) is 2. The minimum absolute atomic E-state index is 0.333. The van der Waals surface area contributed by atoms with E-state index in [1.165, 1.54) is 0 Å². The summed E-state index contributed by atoms with van der Waals surface area (Å²) in [7, 11) is 1.57. The Kier molecular flexibility index (Phi) is 5.66. The molecule has 0 bridgehead atoms. The fraction of sp³-hybridized carbons (Fsp3) is 0.0714. The number of rotatable bonds is 3. The average molecular weight is 479 g/mol. The minimum atomic E-state index is -0.333. The van der Waals surface area contributed by atoms with Crippen LogP contribution in [0.1, 0.15) is 0 Å². The molecule has 110 valence electrons. The van der Waals surface area contributed by atoms with Crippen LogP contribution in [0.2, 0.25) is 0 Å². The van der Waals surface area contributed by atoms with Crippen LogP contribution in [0.5, 0.6) is 5.75 Å². The first-order valence-electron chi connectivity index (χ1n) is 5.85. The minimum Gasteiger partial charge on any atom is -0.497 e. The van der Waals surface area contributed by atoms with E-state index < -0.39 is 0 Å². The van der Waals surface area contributed by atoms with Crippen LogP contribution in [0.4, 0.5) is 16.2 Å². The van der Waals surface area contributed by atoms with Crippen molar-refractivity contribution < 1.29 is 9.53 Å². The van der Waals surface area contributed by atoms with E-state index >= 15 is 0 Å². The number of anilines is 2. The molecule has 0 radical (unpaired) electrons. The largest absolute Gasteiger partial charge is 0.497 e. The maximum absolute atomic E-state index is 12.0. The van der Waals surface area contributed by atoms with Crippen molar-refractivity contribution in [3.05, 3.63) is 49.8 Å². The van der Waals surface area contributed by atoms with Crippen LogP contribution in [-0.2, 0) is 0 Å². The third-order valence-electron chi connectivity index (χ3n) is 2.49. The van der Waals surface area contributed by atoms with Crippen LogP contribution in [-0.4, -0.2) is 13.1 Å². The molecule has 0 fully saturated rings. The van der Waals surface area contributed by atoms with Gasteiger partial charge in [0.2, 0.25) is 0 Å². The summed E-state index contributed by atoms with van der Waals surface area (Å²) in [6.45, 7) is 0. The van der Waals surface area contributed by atoms with Gasteiger partial charge in [0.25, 0.3) is 0 Å². The highest BCUT2D eigenvalue weighted by molar-refractivity contribution is 9.11. The van der Waals surface area contributed by atoms with Crippen molar-refractivity contribution in [1.29, 1.82) is 0 Å². The molecule has 2 aromatic carbocycles. The number of hydrogen-bond donors (Lipinski definition) is 2. The van der Waals surface area contributed by atoms with Crippen molar-refractivity contribution in [3.63, 3.8) is 0 Å². The van der Waals surface area contributed by atoms with Crippen LogP contribution in [0, 0.1) is 0 Å². The highest BCUT2D eigenvalue weighted by Crippen LogP contribution is 2.26. The number of carbonyl (C=O) groups is 1. The highest BCUT2D eigenvalue weighted by Gasteiger charge is 2.06. The van der Waals surface area contributed by atoms with Crippen molar-refractivity contribution in [2.24, 2.45) is 0 Å². The molecule has 0 heterocycles. The number of halogens is 3. The number of methoxy groups -OCH3 is 1. The first kappa shape index (κ1) is 16.3. The van der Waals surface area contributed by atoms with Crippen LogP contribution in [0.15, 0.2) is 49.8 Å². The Bertz CT molecular complexity index is 657. The third-order valence-corrected chi connectivity index (χ3v) is 3.86. The van der Waals surface area contributed by atoms with E-state index in [9.17, 15) is 4.79 Å². The molecule has 0 spiro atoms. The van der Waals surface area contributed by atoms with Crippen LogP contribution < -0.4 is 15.4 Å². The maximum atomic E-state index is 12.0. The summed E-state index contributed by atoms with van der Waals surface area (Å²) in [6.07, 6.45) is 0. The fourth-order valence-corrected chi connectivity index (χ4v) is 3.44. The van der Waals surface area contributed by atoms with E-state index in [4.69, 9.17) is 4.74 Å². The van der Waals surface area contributed by atoms with Crippen molar-refractivity contribution >= 4 is 65.2 Å². The molecule has 21 heavy (non-hydrogen) atoms. The van der Waals surface area contributed by atoms with Gasteiger partial charge in [-0.1, -0.05) is 47.8 Å². The zero-order valence-corrected chi connectivity index (χ0v) is 15.7. The second kappa shape index (κ2) is 7.29. The SMILES string of the molecule is COc1cc(Br)cc(NC(=O)Nc2cc(Br)cc(Br)c2)c1. The average Bonchev–Trinajstić information content (AvgIpc) is 2.36. The predicted octanol–water partition coefficient (Wildman–Crippen LogP) is 5.63. The molecule has 2 N–H and O–H groups in total. The van der Waals surface area contributed by atoms with E-state index in [1.807, 2.05) is 24.3 Å². The lowest BCUT2D eigenvalue weighted by Gasteiger charge is -2.10. The molecular weight excluding hydrogens is 468 g/mol. The summed E-state index contributed by atoms with van der Waals surface area (Å²) in [6, 6.07) is 10.5. The summed E-state index contributed by atoms with van der Waals surface area (Å²) < 4.78 is 7.72. The Labute approximate surface area is 147 Å². The Balaban J connectivity index is 2.09. The van der Waals surface area contributed by atoms with Gasteiger partial charge in [0.15, 0.2) is 0 Å². The van der Waals surface area contributed by atoms with Crippen LogP contribution in [0.3, 0.4) is 0 Å². The number of ether oxygens (including phenoxy) is 1. The Hall–Kier alpha value is -1.05. The van der Waals surface area contributed by atoms with Gasteiger partial charge < -0.3 is 15.4 Å². The summed E-state index contributed by atoms with van der Waals surface area (Å²) in [5, 5.41) is 5.52. The van der Waals surface area contributed by atoms with Gasteiger partial charge in [-0.25, -0.2) is 4.79 Å². The Morgan fingerprint density at radius 3 is 1.86 bits per heavy atom. The predicted molar refractivity (Wildman–Crippen MR) is 95.2 cm³/mol. The van der Waals surface area contributed by atoms with E-state index in [-0.39, 0.29) is 6.03 Å². The van der Waals surface area contributed by atoms with Gasteiger partial charge in [0, 0.05) is 30.9 Å². The Morgan fingerprint density at radius 2 is 1.33 bits per heavy atom.